The first-order chi connectivity index (χ1) is 8.65. The maximum Gasteiger partial charge on any atom is 0.151 e. The van der Waals surface area contributed by atoms with E-state index in [1.165, 1.54) is 6.07 Å². The van der Waals surface area contributed by atoms with E-state index in [-0.39, 0.29) is 18.0 Å². The molecule has 1 N–H and O–H groups in total. The maximum absolute atomic E-state index is 13.6. The molecule has 1 heterocycles. The van der Waals surface area contributed by atoms with Gasteiger partial charge in [-0.2, -0.15) is 0 Å². The molecule has 1 aliphatic heterocycles. The molecule has 2 rings (SSSR count). The average molecular weight is 315 g/mol. The van der Waals surface area contributed by atoms with Gasteiger partial charge in [0.15, 0.2) is 5.78 Å². The summed E-state index contributed by atoms with van der Waals surface area (Å²) in [4.78, 5) is 14.0. The van der Waals surface area contributed by atoms with Crippen molar-refractivity contribution in [3.8, 4) is 0 Å². The summed E-state index contributed by atoms with van der Waals surface area (Å²) in [6, 6.07) is 4.82. The topological polar surface area (TPSA) is 32.3 Å². The van der Waals surface area contributed by atoms with Crippen LogP contribution < -0.4 is 5.32 Å². The Hall–Kier alpha value is -0.780. The molecule has 1 saturated heterocycles. The summed E-state index contributed by atoms with van der Waals surface area (Å²) in [5.74, 6) is -0.254. The summed E-state index contributed by atoms with van der Waals surface area (Å²) >= 11 is 3.20. The molecule has 1 fully saturated rings. The summed E-state index contributed by atoms with van der Waals surface area (Å²) in [6.45, 7) is 4.01. The molecule has 0 aliphatic carbocycles. The molecule has 0 amide bonds. The molecule has 18 heavy (non-hydrogen) atoms. The number of Topliss-reactive ketones (excluding diaryl/α,β-unsaturated/α-hetero) is 1. The minimum atomic E-state index is -0.321. The highest BCUT2D eigenvalue weighted by molar-refractivity contribution is 9.10. The van der Waals surface area contributed by atoms with Crippen molar-refractivity contribution < 1.29 is 9.18 Å². The van der Waals surface area contributed by atoms with E-state index in [2.05, 4.69) is 26.1 Å². The Morgan fingerprint density at radius 3 is 2.78 bits per heavy atom. The Morgan fingerprint density at radius 2 is 2.11 bits per heavy atom. The number of halogens is 2. The van der Waals surface area contributed by atoms with Gasteiger partial charge in [-0.1, -0.05) is 22.0 Å². The van der Waals surface area contributed by atoms with Gasteiger partial charge in [0.05, 0.1) is 6.54 Å². The van der Waals surface area contributed by atoms with Gasteiger partial charge in [-0.05, 0) is 17.7 Å². The Bertz CT molecular complexity index is 433. The van der Waals surface area contributed by atoms with Crippen LogP contribution in [0.2, 0.25) is 0 Å². The fourth-order valence-electron chi connectivity index (χ4n) is 2.05. The largest absolute Gasteiger partial charge is 0.314 e. The molecule has 0 radical (unpaired) electrons. The van der Waals surface area contributed by atoms with Crippen molar-refractivity contribution in [2.75, 3.05) is 32.7 Å². The molecule has 0 atom stereocenters. The van der Waals surface area contributed by atoms with Gasteiger partial charge in [0, 0.05) is 37.1 Å². The van der Waals surface area contributed by atoms with Gasteiger partial charge in [-0.3, -0.25) is 9.69 Å². The minimum Gasteiger partial charge on any atom is -0.314 e. The van der Waals surface area contributed by atoms with E-state index in [1.54, 1.807) is 12.1 Å². The van der Waals surface area contributed by atoms with E-state index >= 15 is 0 Å². The standard InChI is InChI=1S/C13H16BrFN2O/c14-11-2-1-10(13(15)8-11)7-12(18)9-17-5-3-16-4-6-17/h1-2,8,16H,3-7,9H2. The van der Waals surface area contributed by atoms with Crippen molar-refractivity contribution in [1.29, 1.82) is 0 Å². The number of ketones is 1. The van der Waals surface area contributed by atoms with Gasteiger partial charge < -0.3 is 5.32 Å². The highest BCUT2D eigenvalue weighted by atomic mass is 79.9. The minimum absolute atomic E-state index is 0.0677. The fourth-order valence-corrected chi connectivity index (χ4v) is 2.39. The first kappa shape index (κ1) is 13.6. The van der Waals surface area contributed by atoms with E-state index in [0.717, 1.165) is 26.2 Å². The van der Waals surface area contributed by atoms with Crippen LogP contribution in [0.1, 0.15) is 5.56 Å². The molecular formula is C13H16BrFN2O. The molecule has 98 valence electrons. The molecule has 0 bridgehead atoms. The van der Waals surface area contributed by atoms with Crippen molar-refractivity contribution in [2.24, 2.45) is 0 Å². The van der Waals surface area contributed by atoms with Gasteiger partial charge in [-0.15, -0.1) is 0 Å². The second-order valence-electron chi connectivity index (χ2n) is 4.48. The highest BCUT2D eigenvalue weighted by Crippen LogP contribution is 2.16. The Morgan fingerprint density at radius 1 is 1.39 bits per heavy atom. The zero-order chi connectivity index (χ0) is 13.0. The van der Waals surface area contributed by atoms with Crippen LogP contribution >= 0.6 is 15.9 Å². The molecular weight excluding hydrogens is 299 g/mol. The lowest BCUT2D eigenvalue weighted by atomic mass is 10.1. The fraction of sp³-hybridized carbons (Fsp3) is 0.462. The van der Waals surface area contributed by atoms with E-state index in [1.807, 2.05) is 0 Å². The summed E-state index contributed by atoms with van der Waals surface area (Å²) in [5, 5.41) is 3.23. The van der Waals surface area contributed by atoms with Crippen LogP contribution in [0.25, 0.3) is 0 Å². The van der Waals surface area contributed by atoms with Crippen LogP contribution in [0.3, 0.4) is 0 Å². The third-order valence-electron chi connectivity index (χ3n) is 3.01. The van der Waals surface area contributed by atoms with Gasteiger partial charge in [0.2, 0.25) is 0 Å². The van der Waals surface area contributed by atoms with E-state index in [9.17, 15) is 9.18 Å². The number of hydrogen-bond acceptors (Lipinski definition) is 3. The first-order valence-electron chi connectivity index (χ1n) is 6.04. The van der Waals surface area contributed by atoms with E-state index < -0.39 is 0 Å². The molecule has 3 nitrogen and oxygen atoms in total. The summed E-state index contributed by atoms with van der Waals surface area (Å²) < 4.78 is 14.3. The second-order valence-corrected chi connectivity index (χ2v) is 5.39. The lowest BCUT2D eigenvalue weighted by Crippen LogP contribution is -2.45. The van der Waals surface area contributed by atoms with Crippen molar-refractivity contribution in [1.82, 2.24) is 10.2 Å². The zero-order valence-corrected chi connectivity index (χ0v) is 11.7. The Balaban J connectivity index is 1.90. The lowest BCUT2D eigenvalue weighted by molar-refractivity contribution is -0.119. The number of benzene rings is 1. The van der Waals surface area contributed by atoms with Gasteiger partial charge in [0.1, 0.15) is 5.82 Å². The molecule has 0 saturated carbocycles. The molecule has 1 aromatic carbocycles. The molecule has 5 heteroatoms. The van der Waals surface area contributed by atoms with Crippen LogP contribution in [0.15, 0.2) is 22.7 Å². The molecule has 1 aliphatic rings. The number of nitrogens with zero attached hydrogens (tertiary/aromatic N) is 1. The number of rotatable bonds is 4. The predicted octanol–water partition coefficient (Wildman–Crippen LogP) is 1.60. The highest BCUT2D eigenvalue weighted by Gasteiger charge is 2.15. The van der Waals surface area contributed by atoms with Crippen LogP contribution in [-0.4, -0.2) is 43.4 Å². The Kier molecular flexibility index (Phi) is 4.86. The normalized spacial score (nSPS) is 16.8. The third kappa shape index (κ3) is 3.86. The monoisotopic (exact) mass is 314 g/mol. The summed E-state index contributed by atoms with van der Waals surface area (Å²) in [5.41, 5.74) is 0.471. The first-order valence-corrected chi connectivity index (χ1v) is 6.83. The number of nitrogens with one attached hydrogen (secondary N) is 1. The van der Waals surface area contributed by atoms with Crippen molar-refractivity contribution in [2.45, 2.75) is 6.42 Å². The zero-order valence-electron chi connectivity index (χ0n) is 10.1. The number of hydrogen-bond donors (Lipinski definition) is 1. The second kappa shape index (κ2) is 6.41. The number of piperazine rings is 1. The van der Waals surface area contributed by atoms with Crippen molar-refractivity contribution in [3.63, 3.8) is 0 Å². The van der Waals surface area contributed by atoms with Crippen LogP contribution in [0.4, 0.5) is 4.39 Å². The Labute approximate surface area is 114 Å². The third-order valence-corrected chi connectivity index (χ3v) is 3.51. The molecule has 0 unspecified atom stereocenters. The van der Waals surface area contributed by atoms with E-state index in [0.29, 0.717) is 16.6 Å². The number of carbonyl (C=O) groups is 1. The molecule has 1 aromatic rings. The van der Waals surface area contributed by atoms with Crippen LogP contribution in [0.5, 0.6) is 0 Å². The van der Waals surface area contributed by atoms with Crippen molar-refractivity contribution >= 4 is 21.7 Å². The van der Waals surface area contributed by atoms with Gasteiger partial charge in [0.25, 0.3) is 0 Å². The lowest BCUT2D eigenvalue weighted by Gasteiger charge is -2.26. The molecule has 0 spiro atoms. The van der Waals surface area contributed by atoms with Crippen LogP contribution in [-0.2, 0) is 11.2 Å². The van der Waals surface area contributed by atoms with Gasteiger partial charge >= 0.3 is 0 Å². The van der Waals surface area contributed by atoms with Crippen LogP contribution in [0, 0.1) is 5.82 Å². The average Bonchev–Trinajstić information content (AvgIpc) is 2.34. The number of carbonyl (C=O) groups excluding carboxylic acids is 1. The van der Waals surface area contributed by atoms with E-state index in [4.69, 9.17) is 0 Å². The van der Waals surface area contributed by atoms with Gasteiger partial charge in [-0.25, -0.2) is 4.39 Å². The quantitative estimate of drug-likeness (QED) is 0.916. The molecule has 0 aromatic heterocycles. The maximum atomic E-state index is 13.6. The summed E-state index contributed by atoms with van der Waals surface area (Å²) in [6.07, 6.45) is 0.170. The summed E-state index contributed by atoms with van der Waals surface area (Å²) in [7, 11) is 0. The predicted molar refractivity (Wildman–Crippen MR) is 72.1 cm³/mol. The smallest absolute Gasteiger partial charge is 0.151 e. The SMILES string of the molecule is O=C(Cc1ccc(Br)cc1F)CN1CCNCC1. The van der Waals surface area contributed by atoms with Crippen molar-refractivity contribution in [3.05, 3.63) is 34.1 Å².